The minimum absolute atomic E-state index is 0.00380. The van der Waals surface area contributed by atoms with Crippen molar-refractivity contribution in [3.8, 4) is 0 Å². The maximum absolute atomic E-state index is 11.8. The molecule has 0 radical (unpaired) electrons. The van der Waals surface area contributed by atoms with Crippen LogP contribution in [0.4, 0.5) is 0 Å². The molecule has 0 aromatic rings. The molecule has 0 spiro atoms. The highest BCUT2D eigenvalue weighted by molar-refractivity contribution is 6.00. The predicted molar refractivity (Wildman–Crippen MR) is 92.3 cm³/mol. The third kappa shape index (κ3) is 9.52. The summed E-state index contributed by atoms with van der Waals surface area (Å²) >= 11 is 0. The van der Waals surface area contributed by atoms with Gasteiger partial charge < -0.3 is 5.32 Å². The van der Waals surface area contributed by atoms with Crippen molar-refractivity contribution >= 4 is 17.5 Å². The van der Waals surface area contributed by atoms with E-state index in [1.54, 1.807) is 0 Å². The van der Waals surface area contributed by atoms with Gasteiger partial charge in [-0.1, -0.05) is 58.3 Å². The van der Waals surface area contributed by atoms with Crippen molar-refractivity contribution in [3.05, 3.63) is 0 Å². The lowest BCUT2D eigenvalue weighted by atomic mass is 10.0. The first-order chi connectivity index (χ1) is 11.1. The molecule has 1 saturated carbocycles. The average Bonchev–Trinajstić information content (AvgIpc) is 2.90. The molecule has 1 aliphatic carbocycles. The third-order valence-corrected chi connectivity index (χ3v) is 4.56. The highest BCUT2D eigenvalue weighted by atomic mass is 16.2. The smallest absolute Gasteiger partial charge is 0.228 e. The molecule has 0 aromatic heterocycles. The number of hydrogen-bond acceptors (Lipinski definition) is 3. The number of amides is 1. The van der Waals surface area contributed by atoms with Gasteiger partial charge in [-0.2, -0.15) is 0 Å². The highest BCUT2D eigenvalue weighted by Gasteiger charge is 2.26. The first-order valence-electron chi connectivity index (χ1n) is 9.47. The maximum Gasteiger partial charge on any atom is 0.228 e. The number of nitrogens with one attached hydrogen (secondary N) is 1. The Labute approximate surface area is 140 Å². The van der Waals surface area contributed by atoms with E-state index in [4.69, 9.17) is 0 Å². The van der Waals surface area contributed by atoms with Gasteiger partial charge in [0.1, 0.15) is 5.78 Å². The van der Waals surface area contributed by atoms with Crippen LogP contribution in [0, 0.1) is 0 Å². The topological polar surface area (TPSA) is 63.2 Å². The van der Waals surface area contributed by atoms with Crippen molar-refractivity contribution in [1.82, 2.24) is 5.32 Å². The molecule has 1 aliphatic rings. The largest absolute Gasteiger partial charge is 0.346 e. The second-order valence-corrected chi connectivity index (χ2v) is 6.77. The number of carbonyl (C=O) groups excluding carboxylic acids is 3. The second-order valence-electron chi connectivity index (χ2n) is 6.77. The fraction of sp³-hybridized carbons (Fsp3) is 0.842. The first kappa shape index (κ1) is 19.9. The zero-order valence-corrected chi connectivity index (χ0v) is 14.7. The highest BCUT2D eigenvalue weighted by Crippen LogP contribution is 2.14. The van der Waals surface area contributed by atoms with Gasteiger partial charge in [0, 0.05) is 12.8 Å². The van der Waals surface area contributed by atoms with Gasteiger partial charge in [-0.15, -0.1) is 0 Å². The quantitative estimate of drug-likeness (QED) is 0.410. The molecule has 0 aliphatic heterocycles. The molecule has 0 unspecified atom stereocenters. The molecule has 23 heavy (non-hydrogen) atoms. The van der Waals surface area contributed by atoms with E-state index in [-0.39, 0.29) is 29.9 Å². The number of unbranched alkanes of at least 4 members (excludes halogenated alkanes) is 8. The lowest BCUT2D eigenvalue weighted by Crippen LogP contribution is -2.38. The van der Waals surface area contributed by atoms with Crippen molar-refractivity contribution in [1.29, 1.82) is 0 Å². The SMILES string of the molecule is CCCCCCCCCCCC(=O)CC(=O)N[C@H]1CCCC1=O. The minimum atomic E-state index is -0.344. The third-order valence-electron chi connectivity index (χ3n) is 4.56. The van der Waals surface area contributed by atoms with Gasteiger partial charge in [0.2, 0.25) is 5.91 Å². The van der Waals surface area contributed by atoms with Crippen LogP contribution in [-0.2, 0) is 14.4 Å². The second kappa shape index (κ2) is 12.3. The summed E-state index contributed by atoms with van der Waals surface area (Å²) in [5, 5.41) is 2.69. The Kier molecular flexibility index (Phi) is 10.6. The van der Waals surface area contributed by atoms with E-state index < -0.39 is 0 Å². The molecule has 1 fully saturated rings. The Morgan fingerprint density at radius 2 is 1.61 bits per heavy atom. The van der Waals surface area contributed by atoms with E-state index in [0.717, 1.165) is 25.7 Å². The van der Waals surface area contributed by atoms with Crippen LogP contribution in [0.25, 0.3) is 0 Å². The molecular weight excluding hydrogens is 290 g/mol. The molecule has 0 heterocycles. The van der Waals surface area contributed by atoms with Crippen molar-refractivity contribution in [2.24, 2.45) is 0 Å². The van der Waals surface area contributed by atoms with Crippen LogP contribution < -0.4 is 5.32 Å². The lowest BCUT2D eigenvalue weighted by molar-refractivity contribution is -0.131. The van der Waals surface area contributed by atoms with Crippen LogP contribution in [-0.4, -0.2) is 23.5 Å². The summed E-state index contributed by atoms with van der Waals surface area (Å²) in [6.45, 7) is 2.23. The van der Waals surface area contributed by atoms with Gasteiger partial charge in [-0.05, 0) is 19.3 Å². The summed E-state index contributed by atoms with van der Waals surface area (Å²) in [6, 6.07) is -0.344. The van der Waals surface area contributed by atoms with Crippen LogP contribution in [0.3, 0.4) is 0 Å². The molecule has 1 N–H and O–H groups in total. The minimum Gasteiger partial charge on any atom is -0.346 e. The van der Waals surface area contributed by atoms with E-state index in [0.29, 0.717) is 12.8 Å². The fourth-order valence-electron chi connectivity index (χ4n) is 3.11. The van der Waals surface area contributed by atoms with Gasteiger partial charge in [-0.25, -0.2) is 0 Å². The molecular formula is C19H33NO3. The predicted octanol–water partition coefficient (Wildman–Crippen LogP) is 4.10. The summed E-state index contributed by atoms with van der Waals surface area (Å²) in [6.07, 6.45) is 13.5. The van der Waals surface area contributed by atoms with Crippen molar-refractivity contribution in [2.45, 2.75) is 103 Å². The fourth-order valence-corrected chi connectivity index (χ4v) is 3.11. The van der Waals surface area contributed by atoms with E-state index in [1.165, 1.54) is 44.9 Å². The first-order valence-corrected chi connectivity index (χ1v) is 9.47. The summed E-state index contributed by atoms with van der Waals surface area (Å²) in [4.78, 5) is 35.0. The molecule has 4 heteroatoms. The lowest BCUT2D eigenvalue weighted by Gasteiger charge is -2.10. The number of hydrogen-bond donors (Lipinski definition) is 1. The van der Waals surface area contributed by atoms with Gasteiger partial charge in [0.25, 0.3) is 0 Å². The Morgan fingerprint density at radius 3 is 2.17 bits per heavy atom. The van der Waals surface area contributed by atoms with Crippen LogP contribution in [0.5, 0.6) is 0 Å². The Balaban J connectivity index is 1.95. The average molecular weight is 323 g/mol. The van der Waals surface area contributed by atoms with E-state index in [1.807, 2.05) is 0 Å². The molecule has 0 bridgehead atoms. The number of Topliss-reactive ketones (excluding diaryl/α,β-unsaturated/α-hetero) is 2. The molecule has 0 saturated heterocycles. The zero-order chi connectivity index (χ0) is 16.9. The summed E-state index contributed by atoms with van der Waals surface area (Å²) in [5.74, 6) is -0.188. The Hall–Kier alpha value is -1.19. The maximum atomic E-state index is 11.8. The molecule has 132 valence electrons. The molecule has 1 atom stereocenters. The van der Waals surface area contributed by atoms with E-state index in [9.17, 15) is 14.4 Å². The monoisotopic (exact) mass is 323 g/mol. The van der Waals surface area contributed by atoms with Gasteiger partial charge in [0.15, 0.2) is 5.78 Å². The normalized spacial score (nSPS) is 17.4. The standard InChI is InChI=1S/C19H33NO3/c1-2-3-4-5-6-7-8-9-10-12-16(21)15-19(23)20-17-13-11-14-18(17)22/h17H,2-15H2,1H3,(H,20,23)/t17-/m0/s1. The Bertz CT molecular complexity index is 379. The van der Waals surface area contributed by atoms with Gasteiger partial charge in [0.05, 0.1) is 12.5 Å². The van der Waals surface area contributed by atoms with Crippen LogP contribution in [0.15, 0.2) is 0 Å². The number of ketones is 2. The van der Waals surface area contributed by atoms with E-state index >= 15 is 0 Å². The molecule has 1 amide bonds. The van der Waals surface area contributed by atoms with Crippen LogP contribution in [0.2, 0.25) is 0 Å². The van der Waals surface area contributed by atoms with Gasteiger partial charge in [-0.3, -0.25) is 14.4 Å². The molecule has 4 nitrogen and oxygen atoms in total. The van der Waals surface area contributed by atoms with Crippen molar-refractivity contribution in [3.63, 3.8) is 0 Å². The van der Waals surface area contributed by atoms with Crippen LogP contribution in [0.1, 0.15) is 96.8 Å². The van der Waals surface area contributed by atoms with E-state index in [2.05, 4.69) is 12.2 Å². The summed E-state index contributed by atoms with van der Waals surface area (Å²) in [7, 11) is 0. The summed E-state index contributed by atoms with van der Waals surface area (Å²) < 4.78 is 0. The Morgan fingerprint density at radius 1 is 1.00 bits per heavy atom. The zero-order valence-electron chi connectivity index (χ0n) is 14.7. The van der Waals surface area contributed by atoms with Gasteiger partial charge >= 0.3 is 0 Å². The summed E-state index contributed by atoms with van der Waals surface area (Å²) in [5.41, 5.74) is 0. The number of rotatable bonds is 13. The van der Waals surface area contributed by atoms with Crippen molar-refractivity contribution in [2.75, 3.05) is 0 Å². The molecule has 0 aromatic carbocycles. The van der Waals surface area contributed by atoms with Crippen LogP contribution >= 0.6 is 0 Å². The van der Waals surface area contributed by atoms with Crippen molar-refractivity contribution < 1.29 is 14.4 Å². The number of carbonyl (C=O) groups is 3. The molecule has 1 rings (SSSR count).